The highest BCUT2D eigenvalue weighted by Gasteiger charge is 2.23. The molecule has 1 heterocycles. The van der Waals surface area contributed by atoms with Gasteiger partial charge in [0.1, 0.15) is 23.2 Å². The summed E-state index contributed by atoms with van der Waals surface area (Å²) in [6.07, 6.45) is 1.29. The van der Waals surface area contributed by atoms with E-state index >= 15 is 0 Å². The Labute approximate surface area is 205 Å². The van der Waals surface area contributed by atoms with Gasteiger partial charge in [-0.25, -0.2) is 17.6 Å². The minimum Gasteiger partial charge on any atom is -0.423 e. The molecule has 12 heteroatoms. The average molecular weight is 515 g/mol. The number of amides is 1. The molecule has 0 radical (unpaired) electrons. The van der Waals surface area contributed by atoms with Gasteiger partial charge in [-0.2, -0.15) is 14.6 Å². The standard InChI is InChI=1S/C23H19FN4O5S2/c1-14(2)13-35(31,32)23-27-22(34-28-23)26-20(29)16(12-25)11-15-7-9-17(10-8-15)33-21(30)18-5-3-4-6-19(18)24/h3-11,14H,13H2,1-2H3,(H,26,27,28,29)/b16-11-. The molecule has 1 N–H and O–H groups in total. The summed E-state index contributed by atoms with van der Waals surface area (Å²) in [6.45, 7) is 3.49. The summed E-state index contributed by atoms with van der Waals surface area (Å²) in [6, 6.07) is 13.0. The monoisotopic (exact) mass is 514 g/mol. The lowest BCUT2D eigenvalue weighted by atomic mass is 10.1. The van der Waals surface area contributed by atoms with Gasteiger partial charge in [-0.15, -0.1) is 0 Å². The molecule has 9 nitrogen and oxygen atoms in total. The van der Waals surface area contributed by atoms with E-state index in [-0.39, 0.29) is 38.8 Å². The first kappa shape index (κ1) is 25.7. The summed E-state index contributed by atoms with van der Waals surface area (Å²) in [5.74, 6) is -2.48. The second-order valence-electron chi connectivity index (χ2n) is 7.62. The number of hydrogen-bond acceptors (Lipinski definition) is 9. The predicted molar refractivity (Wildman–Crippen MR) is 127 cm³/mol. The molecular formula is C23H19FN4O5S2. The summed E-state index contributed by atoms with van der Waals surface area (Å²) < 4.78 is 47.1. The van der Waals surface area contributed by atoms with Crippen molar-refractivity contribution in [3.05, 3.63) is 71.0 Å². The maximum absolute atomic E-state index is 13.7. The van der Waals surface area contributed by atoms with E-state index in [9.17, 15) is 27.7 Å². The zero-order valence-corrected chi connectivity index (χ0v) is 20.2. The van der Waals surface area contributed by atoms with E-state index in [1.54, 1.807) is 19.9 Å². The Morgan fingerprint density at radius 1 is 1.20 bits per heavy atom. The topological polar surface area (TPSA) is 139 Å². The molecule has 0 spiro atoms. The molecule has 1 aromatic heterocycles. The number of hydrogen-bond donors (Lipinski definition) is 1. The second-order valence-corrected chi connectivity index (χ2v) is 10.3. The second kappa shape index (κ2) is 11.0. The Bertz CT molecular complexity index is 1420. The quantitative estimate of drug-likeness (QED) is 0.207. The number of anilines is 1. The van der Waals surface area contributed by atoms with Crippen molar-refractivity contribution in [1.29, 1.82) is 5.26 Å². The van der Waals surface area contributed by atoms with Crippen molar-refractivity contribution in [3.63, 3.8) is 0 Å². The van der Waals surface area contributed by atoms with Crippen molar-refractivity contribution in [2.45, 2.75) is 19.0 Å². The van der Waals surface area contributed by atoms with Crippen LogP contribution in [0.15, 0.2) is 59.3 Å². The number of nitrogens with one attached hydrogen (secondary N) is 1. The van der Waals surface area contributed by atoms with Crippen LogP contribution in [0, 0.1) is 23.1 Å². The number of nitriles is 1. The van der Waals surface area contributed by atoms with Crippen molar-refractivity contribution in [1.82, 2.24) is 9.36 Å². The van der Waals surface area contributed by atoms with Crippen LogP contribution in [0.25, 0.3) is 6.08 Å². The van der Waals surface area contributed by atoms with Gasteiger partial charge in [-0.3, -0.25) is 10.1 Å². The lowest BCUT2D eigenvalue weighted by Gasteiger charge is -2.05. The molecule has 0 saturated heterocycles. The lowest BCUT2D eigenvalue weighted by Crippen LogP contribution is -2.15. The molecule has 180 valence electrons. The summed E-state index contributed by atoms with van der Waals surface area (Å²) >= 11 is 0.689. The minimum absolute atomic E-state index is 0.0612. The van der Waals surface area contributed by atoms with E-state index in [4.69, 9.17) is 4.74 Å². The molecule has 0 aliphatic carbocycles. The van der Waals surface area contributed by atoms with Gasteiger partial charge in [0.05, 0.1) is 11.3 Å². The molecule has 3 aromatic rings. The average Bonchev–Trinajstić information content (AvgIpc) is 3.27. The SMILES string of the molecule is CC(C)CS(=O)(=O)c1nsc(NC(=O)/C(C#N)=C\c2ccc(OC(=O)c3ccccc3F)cc2)n1. The fraction of sp³-hybridized carbons (Fsp3) is 0.174. The number of carbonyl (C=O) groups excluding carboxylic acids is 2. The third kappa shape index (κ3) is 6.78. The normalized spacial score (nSPS) is 11.7. The van der Waals surface area contributed by atoms with Crippen molar-refractivity contribution < 1.29 is 27.1 Å². The van der Waals surface area contributed by atoms with Crippen molar-refractivity contribution in [2.24, 2.45) is 5.92 Å². The molecule has 0 unspecified atom stereocenters. The number of sulfone groups is 1. The summed E-state index contributed by atoms with van der Waals surface area (Å²) in [7, 11) is -3.68. The fourth-order valence-electron chi connectivity index (χ4n) is 2.80. The number of aromatic nitrogens is 2. The Hall–Kier alpha value is -3.95. The molecule has 2 aromatic carbocycles. The molecule has 0 bridgehead atoms. The zero-order chi connectivity index (χ0) is 25.6. The fourth-order valence-corrected chi connectivity index (χ4v) is 5.15. The van der Waals surface area contributed by atoms with Crippen molar-refractivity contribution in [2.75, 3.05) is 11.1 Å². The minimum atomic E-state index is -3.68. The van der Waals surface area contributed by atoms with Crippen LogP contribution in [0.1, 0.15) is 29.8 Å². The molecule has 1 amide bonds. The molecule has 35 heavy (non-hydrogen) atoms. The highest BCUT2D eigenvalue weighted by Crippen LogP contribution is 2.20. The first-order valence-corrected chi connectivity index (χ1v) is 12.6. The van der Waals surface area contributed by atoms with E-state index in [0.29, 0.717) is 17.1 Å². The van der Waals surface area contributed by atoms with Gasteiger partial charge in [-0.1, -0.05) is 38.1 Å². The number of ether oxygens (including phenoxy) is 1. The number of benzene rings is 2. The summed E-state index contributed by atoms with van der Waals surface area (Å²) in [5, 5.41) is 11.3. The number of halogens is 1. The number of esters is 1. The Morgan fingerprint density at radius 3 is 2.51 bits per heavy atom. The van der Waals surface area contributed by atoms with Crippen LogP contribution in [-0.4, -0.2) is 35.4 Å². The van der Waals surface area contributed by atoms with Crippen LogP contribution in [0.5, 0.6) is 5.75 Å². The molecule has 0 aliphatic rings. The lowest BCUT2D eigenvalue weighted by molar-refractivity contribution is -0.112. The summed E-state index contributed by atoms with van der Waals surface area (Å²) in [4.78, 5) is 28.4. The molecular weight excluding hydrogens is 495 g/mol. The maximum atomic E-state index is 13.7. The first-order valence-electron chi connectivity index (χ1n) is 10.2. The van der Waals surface area contributed by atoms with E-state index in [2.05, 4.69) is 14.7 Å². The van der Waals surface area contributed by atoms with Gasteiger partial charge < -0.3 is 4.74 Å². The van der Waals surface area contributed by atoms with Gasteiger partial charge in [0, 0.05) is 11.5 Å². The van der Waals surface area contributed by atoms with E-state index in [1.165, 1.54) is 48.5 Å². The van der Waals surface area contributed by atoms with Crippen LogP contribution in [0.4, 0.5) is 9.52 Å². The van der Waals surface area contributed by atoms with Gasteiger partial charge in [0.15, 0.2) is 0 Å². The number of carbonyl (C=O) groups is 2. The largest absolute Gasteiger partial charge is 0.423 e. The molecule has 0 fully saturated rings. The predicted octanol–water partition coefficient (Wildman–Crippen LogP) is 3.87. The zero-order valence-electron chi connectivity index (χ0n) is 18.6. The smallest absolute Gasteiger partial charge is 0.346 e. The Morgan fingerprint density at radius 2 is 1.89 bits per heavy atom. The van der Waals surface area contributed by atoms with E-state index in [0.717, 1.165) is 6.07 Å². The van der Waals surface area contributed by atoms with Crippen LogP contribution < -0.4 is 10.1 Å². The van der Waals surface area contributed by atoms with E-state index < -0.39 is 27.5 Å². The van der Waals surface area contributed by atoms with Crippen molar-refractivity contribution in [3.8, 4) is 11.8 Å². The molecule has 3 rings (SSSR count). The number of nitrogens with zero attached hydrogens (tertiary/aromatic N) is 3. The maximum Gasteiger partial charge on any atom is 0.346 e. The third-order valence-corrected chi connectivity index (χ3v) is 6.91. The highest BCUT2D eigenvalue weighted by molar-refractivity contribution is 7.91. The van der Waals surface area contributed by atoms with Crippen LogP contribution in [0.3, 0.4) is 0 Å². The third-order valence-electron chi connectivity index (χ3n) is 4.32. The molecule has 0 saturated carbocycles. The number of rotatable bonds is 8. The summed E-state index contributed by atoms with van der Waals surface area (Å²) in [5.41, 5.74) is -0.0421. The van der Waals surface area contributed by atoms with Crippen LogP contribution in [-0.2, 0) is 14.6 Å². The van der Waals surface area contributed by atoms with Crippen LogP contribution in [0.2, 0.25) is 0 Å². The first-order chi connectivity index (χ1) is 16.6. The van der Waals surface area contributed by atoms with Gasteiger partial charge >= 0.3 is 5.97 Å². The highest BCUT2D eigenvalue weighted by atomic mass is 32.2. The Kier molecular flexibility index (Phi) is 8.06. The Balaban J connectivity index is 1.68. The van der Waals surface area contributed by atoms with Gasteiger partial charge in [0.2, 0.25) is 15.0 Å². The van der Waals surface area contributed by atoms with E-state index in [1.807, 2.05) is 0 Å². The van der Waals surface area contributed by atoms with Gasteiger partial charge in [-0.05, 0) is 41.8 Å². The molecule has 0 atom stereocenters. The van der Waals surface area contributed by atoms with Crippen molar-refractivity contribution >= 4 is 44.5 Å². The molecule has 0 aliphatic heterocycles. The van der Waals surface area contributed by atoms with Crippen LogP contribution >= 0.6 is 11.5 Å². The van der Waals surface area contributed by atoms with Gasteiger partial charge in [0.25, 0.3) is 11.1 Å².